The summed E-state index contributed by atoms with van der Waals surface area (Å²) in [4.78, 5) is 1.30. The van der Waals surface area contributed by atoms with Crippen molar-refractivity contribution in [2.45, 2.75) is 24.8 Å². The van der Waals surface area contributed by atoms with E-state index >= 15 is 0 Å². The number of hydrogen-bond acceptors (Lipinski definition) is 3. The second-order valence-electron chi connectivity index (χ2n) is 3.85. The number of para-hydroxylation sites is 1. The van der Waals surface area contributed by atoms with E-state index in [0.717, 1.165) is 5.75 Å². The summed E-state index contributed by atoms with van der Waals surface area (Å²) in [5.74, 6) is 1.08. The Morgan fingerprint density at radius 3 is 2.82 bits per heavy atom. The Bertz CT molecular complexity index is 453. The van der Waals surface area contributed by atoms with Crippen molar-refractivity contribution in [2.75, 3.05) is 11.1 Å². The molecule has 0 aliphatic heterocycles. The van der Waals surface area contributed by atoms with E-state index in [-0.39, 0.29) is 6.04 Å². The Labute approximate surface area is 106 Å². The van der Waals surface area contributed by atoms with Gasteiger partial charge < -0.3 is 9.73 Å². The minimum atomic E-state index is 0.257. The molecule has 0 fully saturated rings. The lowest BCUT2D eigenvalue weighted by Crippen LogP contribution is -2.06. The van der Waals surface area contributed by atoms with Crippen molar-refractivity contribution in [2.24, 2.45) is 0 Å². The fourth-order valence-corrected chi connectivity index (χ4v) is 2.47. The third-order valence-corrected chi connectivity index (χ3v) is 3.56. The van der Waals surface area contributed by atoms with E-state index in [1.807, 2.05) is 17.8 Å². The Morgan fingerprint density at radius 2 is 2.12 bits per heavy atom. The average molecular weight is 247 g/mol. The van der Waals surface area contributed by atoms with E-state index in [4.69, 9.17) is 4.42 Å². The first-order chi connectivity index (χ1) is 8.31. The molecule has 90 valence electrons. The lowest BCUT2D eigenvalue weighted by molar-refractivity contribution is 0.562. The summed E-state index contributed by atoms with van der Waals surface area (Å²) in [6.45, 7) is 4.30. The van der Waals surface area contributed by atoms with Gasteiger partial charge in [-0.05, 0) is 30.9 Å². The Balaban J connectivity index is 2.12. The summed E-state index contributed by atoms with van der Waals surface area (Å²) >= 11 is 1.86. The molecule has 3 heteroatoms. The van der Waals surface area contributed by atoms with Crippen LogP contribution in [0.3, 0.4) is 0 Å². The SMILES string of the molecule is CCSc1ccccc1NC(C)c1ccoc1. The maximum atomic E-state index is 5.11. The molecule has 0 aliphatic carbocycles. The smallest absolute Gasteiger partial charge is 0.0955 e. The van der Waals surface area contributed by atoms with Gasteiger partial charge in [-0.15, -0.1) is 11.8 Å². The minimum absolute atomic E-state index is 0.257. The van der Waals surface area contributed by atoms with Crippen molar-refractivity contribution in [1.82, 2.24) is 0 Å². The zero-order chi connectivity index (χ0) is 12.1. The molecule has 17 heavy (non-hydrogen) atoms. The lowest BCUT2D eigenvalue weighted by atomic mass is 10.1. The molecular weight excluding hydrogens is 230 g/mol. The van der Waals surface area contributed by atoms with Crippen LogP contribution in [-0.2, 0) is 0 Å². The minimum Gasteiger partial charge on any atom is -0.472 e. The molecule has 0 amide bonds. The monoisotopic (exact) mass is 247 g/mol. The van der Waals surface area contributed by atoms with E-state index in [2.05, 4.69) is 43.4 Å². The highest BCUT2D eigenvalue weighted by atomic mass is 32.2. The fourth-order valence-electron chi connectivity index (χ4n) is 1.71. The Kier molecular flexibility index (Phi) is 4.15. The maximum Gasteiger partial charge on any atom is 0.0955 e. The molecule has 2 aromatic rings. The molecule has 2 rings (SSSR count). The van der Waals surface area contributed by atoms with Gasteiger partial charge in [0.25, 0.3) is 0 Å². The van der Waals surface area contributed by atoms with Crippen molar-refractivity contribution in [3.8, 4) is 0 Å². The number of hydrogen-bond donors (Lipinski definition) is 1. The molecule has 1 N–H and O–H groups in total. The topological polar surface area (TPSA) is 25.2 Å². The molecule has 0 radical (unpaired) electrons. The highest BCUT2D eigenvalue weighted by Gasteiger charge is 2.08. The van der Waals surface area contributed by atoms with Gasteiger partial charge in [0.2, 0.25) is 0 Å². The number of benzene rings is 1. The summed E-state index contributed by atoms with van der Waals surface area (Å²) in [5.41, 5.74) is 2.36. The maximum absolute atomic E-state index is 5.11. The fraction of sp³-hybridized carbons (Fsp3) is 0.286. The van der Waals surface area contributed by atoms with Gasteiger partial charge in [-0.3, -0.25) is 0 Å². The molecule has 0 saturated heterocycles. The molecule has 1 aromatic carbocycles. The van der Waals surface area contributed by atoms with Crippen LogP contribution in [0.25, 0.3) is 0 Å². The standard InChI is InChI=1S/C14H17NOS/c1-3-17-14-7-5-4-6-13(14)15-11(2)12-8-9-16-10-12/h4-11,15H,3H2,1-2H3. The van der Waals surface area contributed by atoms with Gasteiger partial charge in [0.1, 0.15) is 0 Å². The molecule has 1 unspecified atom stereocenters. The van der Waals surface area contributed by atoms with Crippen LogP contribution in [0, 0.1) is 0 Å². The molecule has 0 saturated carbocycles. The van der Waals surface area contributed by atoms with Crippen LogP contribution in [-0.4, -0.2) is 5.75 Å². The zero-order valence-corrected chi connectivity index (χ0v) is 11.0. The van der Waals surface area contributed by atoms with Gasteiger partial charge >= 0.3 is 0 Å². The molecule has 1 atom stereocenters. The average Bonchev–Trinajstić information content (AvgIpc) is 2.85. The van der Waals surface area contributed by atoms with Crippen molar-refractivity contribution in [3.05, 3.63) is 48.4 Å². The lowest BCUT2D eigenvalue weighted by Gasteiger charge is -2.16. The molecule has 0 aliphatic rings. The van der Waals surface area contributed by atoms with E-state index in [1.54, 1.807) is 12.5 Å². The molecule has 2 nitrogen and oxygen atoms in total. The van der Waals surface area contributed by atoms with Gasteiger partial charge in [0.15, 0.2) is 0 Å². The van der Waals surface area contributed by atoms with E-state index in [9.17, 15) is 0 Å². The quantitative estimate of drug-likeness (QED) is 0.784. The van der Waals surface area contributed by atoms with E-state index in [1.165, 1.54) is 16.1 Å². The number of anilines is 1. The summed E-state index contributed by atoms with van der Waals surface area (Å²) in [6, 6.07) is 10.7. The molecule has 0 bridgehead atoms. The van der Waals surface area contributed by atoms with Crippen molar-refractivity contribution in [1.29, 1.82) is 0 Å². The third kappa shape index (κ3) is 3.07. The summed E-state index contributed by atoms with van der Waals surface area (Å²) in [6.07, 6.45) is 3.49. The second kappa shape index (κ2) is 5.82. The number of rotatable bonds is 5. The molecule has 0 spiro atoms. The van der Waals surface area contributed by atoms with Crippen LogP contribution in [0.2, 0.25) is 0 Å². The van der Waals surface area contributed by atoms with Crippen molar-refractivity contribution < 1.29 is 4.42 Å². The molecule has 1 heterocycles. The second-order valence-corrected chi connectivity index (χ2v) is 5.16. The highest BCUT2D eigenvalue weighted by Crippen LogP contribution is 2.29. The predicted molar refractivity (Wildman–Crippen MR) is 73.6 cm³/mol. The Hall–Kier alpha value is -1.35. The van der Waals surface area contributed by atoms with Crippen LogP contribution in [0.15, 0.2) is 52.2 Å². The van der Waals surface area contributed by atoms with Crippen molar-refractivity contribution >= 4 is 17.4 Å². The van der Waals surface area contributed by atoms with E-state index in [0.29, 0.717) is 0 Å². The largest absolute Gasteiger partial charge is 0.472 e. The van der Waals surface area contributed by atoms with Gasteiger partial charge in [0, 0.05) is 16.1 Å². The van der Waals surface area contributed by atoms with Crippen LogP contribution >= 0.6 is 11.8 Å². The summed E-state index contributed by atoms with van der Waals surface area (Å²) in [5, 5.41) is 3.52. The first-order valence-corrected chi connectivity index (χ1v) is 6.80. The van der Waals surface area contributed by atoms with Gasteiger partial charge in [-0.25, -0.2) is 0 Å². The number of nitrogens with one attached hydrogen (secondary N) is 1. The van der Waals surface area contributed by atoms with Crippen LogP contribution in [0.1, 0.15) is 25.5 Å². The molecular formula is C14H17NOS. The summed E-state index contributed by atoms with van der Waals surface area (Å²) < 4.78 is 5.11. The number of furan rings is 1. The van der Waals surface area contributed by atoms with Crippen molar-refractivity contribution in [3.63, 3.8) is 0 Å². The molecule has 1 aromatic heterocycles. The van der Waals surface area contributed by atoms with Gasteiger partial charge in [0.05, 0.1) is 18.6 Å². The first-order valence-electron chi connectivity index (χ1n) is 5.81. The predicted octanol–water partition coefficient (Wildman–Crippen LogP) is 4.56. The van der Waals surface area contributed by atoms with Crippen LogP contribution < -0.4 is 5.32 Å². The first kappa shape index (κ1) is 12.1. The van der Waals surface area contributed by atoms with E-state index < -0.39 is 0 Å². The third-order valence-electron chi connectivity index (χ3n) is 2.60. The van der Waals surface area contributed by atoms with Gasteiger partial charge in [-0.2, -0.15) is 0 Å². The Morgan fingerprint density at radius 1 is 1.29 bits per heavy atom. The van der Waals surface area contributed by atoms with Crippen LogP contribution in [0.4, 0.5) is 5.69 Å². The van der Waals surface area contributed by atoms with Crippen LogP contribution in [0.5, 0.6) is 0 Å². The summed E-state index contributed by atoms with van der Waals surface area (Å²) in [7, 11) is 0. The number of thioether (sulfide) groups is 1. The highest BCUT2D eigenvalue weighted by molar-refractivity contribution is 7.99. The zero-order valence-electron chi connectivity index (χ0n) is 10.1. The normalized spacial score (nSPS) is 12.4. The van der Waals surface area contributed by atoms with Gasteiger partial charge in [-0.1, -0.05) is 19.1 Å².